The van der Waals surface area contributed by atoms with E-state index >= 15 is 0 Å². The van der Waals surface area contributed by atoms with Gasteiger partial charge < -0.3 is 4.42 Å². The number of benzene rings is 2. The van der Waals surface area contributed by atoms with E-state index in [0.717, 1.165) is 16.7 Å². The van der Waals surface area contributed by atoms with E-state index < -0.39 is 9.84 Å². The van der Waals surface area contributed by atoms with Crippen LogP contribution in [0.2, 0.25) is 0 Å². The van der Waals surface area contributed by atoms with Crippen molar-refractivity contribution in [2.45, 2.75) is 24.0 Å². The molecule has 0 aliphatic rings. The summed E-state index contributed by atoms with van der Waals surface area (Å²) in [5.74, 6) is 0.869. The number of rotatable bonds is 6. The van der Waals surface area contributed by atoms with Crippen LogP contribution in [0.5, 0.6) is 0 Å². The number of aromatic nitrogens is 2. The quantitative estimate of drug-likeness (QED) is 0.584. The van der Waals surface area contributed by atoms with E-state index in [2.05, 4.69) is 10.2 Å². The molecule has 2 aromatic carbocycles. The van der Waals surface area contributed by atoms with E-state index in [4.69, 9.17) is 4.42 Å². The van der Waals surface area contributed by atoms with Gasteiger partial charge in [0.15, 0.2) is 9.84 Å². The monoisotopic (exact) mass is 386 g/mol. The van der Waals surface area contributed by atoms with Crippen molar-refractivity contribution in [3.8, 4) is 11.5 Å². The van der Waals surface area contributed by atoms with E-state index in [1.54, 1.807) is 30.3 Å². The molecular formula is C19H18N2O3S2. The fourth-order valence-electron chi connectivity index (χ4n) is 2.25. The summed E-state index contributed by atoms with van der Waals surface area (Å²) in [4.78, 5) is 0.281. The van der Waals surface area contributed by atoms with Crippen LogP contribution < -0.4 is 0 Å². The van der Waals surface area contributed by atoms with Crippen molar-refractivity contribution in [3.63, 3.8) is 0 Å². The molecule has 0 atom stereocenters. The summed E-state index contributed by atoms with van der Waals surface area (Å²) in [5, 5.41) is 9.63. The SMILES string of the molecule is Cc1ccc(S(=O)(=O)C=CCSc2nnc(-c3cccc(C)c3)o2)cc1. The Labute approximate surface area is 157 Å². The van der Waals surface area contributed by atoms with Gasteiger partial charge in [-0.2, -0.15) is 0 Å². The lowest BCUT2D eigenvalue weighted by Gasteiger charge is -1.99. The highest BCUT2D eigenvalue weighted by Gasteiger charge is 2.11. The second-order valence-electron chi connectivity index (χ2n) is 5.78. The maximum absolute atomic E-state index is 12.2. The minimum Gasteiger partial charge on any atom is -0.411 e. The summed E-state index contributed by atoms with van der Waals surface area (Å²) in [7, 11) is -3.43. The number of nitrogens with zero attached hydrogens (tertiary/aromatic N) is 2. The van der Waals surface area contributed by atoms with Gasteiger partial charge in [-0.25, -0.2) is 8.42 Å². The zero-order valence-electron chi connectivity index (χ0n) is 14.4. The van der Waals surface area contributed by atoms with Gasteiger partial charge in [-0.1, -0.05) is 53.2 Å². The fraction of sp³-hybridized carbons (Fsp3) is 0.158. The van der Waals surface area contributed by atoms with Crippen LogP contribution in [-0.4, -0.2) is 24.4 Å². The third-order valence-electron chi connectivity index (χ3n) is 3.60. The first kappa shape index (κ1) is 18.4. The van der Waals surface area contributed by atoms with Crippen LogP contribution in [0.1, 0.15) is 11.1 Å². The van der Waals surface area contributed by atoms with Gasteiger partial charge in [-0.3, -0.25) is 0 Å². The molecule has 7 heteroatoms. The number of thioether (sulfide) groups is 1. The Bertz CT molecular complexity index is 1020. The Morgan fingerprint density at radius 2 is 1.81 bits per heavy atom. The first-order chi connectivity index (χ1) is 12.4. The van der Waals surface area contributed by atoms with Crippen molar-refractivity contribution in [1.29, 1.82) is 0 Å². The molecule has 0 bridgehead atoms. The Kier molecular flexibility index (Phi) is 5.58. The summed E-state index contributed by atoms with van der Waals surface area (Å²) in [6.07, 6.45) is 1.58. The van der Waals surface area contributed by atoms with Crippen LogP contribution in [0.25, 0.3) is 11.5 Å². The fourth-order valence-corrected chi connectivity index (χ4v) is 3.97. The maximum atomic E-state index is 12.2. The number of hydrogen-bond acceptors (Lipinski definition) is 6. The minimum absolute atomic E-state index is 0.281. The molecular weight excluding hydrogens is 368 g/mol. The molecule has 0 aliphatic carbocycles. The highest BCUT2D eigenvalue weighted by atomic mass is 32.2. The summed E-state index contributed by atoms with van der Waals surface area (Å²) in [5.41, 5.74) is 2.99. The molecule has 0 N–H and O–H groups in total. The van der Waals surface area contributed by atoms with Crippen LogP contribution in [0.15, 0.2) is 74.6 Å². The van der Waals surface area contributed by atoms with Crippen molar-refractivity contribution in [1.82, 2.24) is 10.2 Å². The van der Waals surface area contributed by atoms with Gasteiger partial charge in [0.25, 0.3) is 5.22 Å². The molecule has 26 heavy (non-hydrogen) atoms. The largest absolute Gasteiger partial charge is 0.411 e. The lowest BCUT2D eigenvalue weighted by Crippen LogP contribution is -1.96. The normalized spacial score (nSPS) is 11.9. The van der Waals surface area contributed by atoms with Crippen LogP contribution in [0, 0.1) is 13.8 Å². The average molecular weight is 386 g/mol. The van der Waals surface area contributed by atoms with Crippen molar-refractivity contribution >= 4 is 21.6 Å². The van der Waals surface area contributed by atoms with Gasteiger partial charge in [0.2, 0.25) is 5.89 Å². The molecule has 5 nitrogen and oxygen atoms in total. The van der Waals surface area contributed by atoms with E-state index in [1.807, 2.05) is 38.1 Å². The molecule has 0 fully saturated rings. The second-order valence-corrected chi connectivity index (χ2v) is 8.59. The van der Waals surface area contributed by atoms with Crippen LogP contribution in [-0.2, 0) is 9.84 Å². The van der Waals surface area contributed by atoms with Gasteiger partial charge in [0.1, 0.15) is 0 Å². The predicted octanol–water partition coefficient (Wildman–Crippen LogP) is 4.43. The van der Waals surface area contributed by atoms with E-state index in [-0.39, 0.29) is 4.90 Å². The first-order valence-corrected chi connectivity index (χ1v) is 10.5. The van der Waals surface area contributed by atoms with Gasteiger partial charge in [0, 0.05) is 16.7 Å². The molecule has 0 aliphatic heterocycles. The van der Waals surface area contributed by atoms with Gasteiger partial charge in [-0.05, 0) is 38.1 Å². The summed E-state index contributed by atoms with van der Waals surface area (Å²) < 4.78 is 30.1. The van der Waals surface area contributed by atoms with E-state index in [1.165, 1.54) is 17.2 Å². The molecule has 0 unspecified atom stereocenters. The van der Waals surface area contributed by atoms with E-state index in [9.17, 15) is 8.42 Å². The third-order valence-corrected chi connectivity index (χ3v) is 5.85. The lowest BCUT2D eigenvalue weighted by atomic mass is 10.1. The maximum Gasteiger partial charge on any atom is 0.277 e. The Balaban J connectivity index is 1.61. The second kappa shape index (κ2) is 7.88. The van der Waals surface area contributed by atoms with Crippen molar-refractivity contribution in [3.05, 3.63) is 71.1 Å². The standard InChI is InChI=1S/C19H18N2O3S2/c1-14-7-9-17(10-8-14)26(22,23)12-4-11-25-19-21-20-18(24-19)16-6-3-5-15(2)13-16/h3-10,12-13H,11H2,1-2H3. The zero-order chi connectivity index (χ0) is 18.6. The summed E-state index contributed by atoms with van der Waals surface area (Å²) in [6, 6.07) is 14.6. The molecule has 3 aromatic rings. The van der Waals surface area contributed by atoms with Crippen molar-refractivity contribution in [2.75, 3.05) is 5.75 Å². The average Bonchev–Trinajstić information content (AvgIpc) is 3.08. The number of aryl methyl sites for hydroxylation is 2. The van der Waals surface area contributed by atoms with Gasteiger partial charge in [0.05, 0.1) is 4.90 Å². The Morgan fingerprint density at radius 3 is 2.54 bits per heavy atom. The third kappa shape index (κ3) is 4.62. The molecule has 0 radical (unpaired) electrons. The predicted molar refractivity (Wildman–Crippen MR) is 103 cm³/mol. The molecule has 1 heterocycles. The van der Waals surface area contributed by atoms with Gasteiger partial charge in [-0.15, -0.1) is 10.2 Å². The van der Waals surface area contributed by atoms with Crippen molar-refractivity contribution < 1.29 is 12.8 Å². The Hall–Kier alpha value is -2.38. The highest BCUT2D eigenvalue weighted by Crippen LogP contribution is 2.24. The molecule has 134 valence electrons. The zero-order valence-corrected chi connectivity index (χ0v) is 16.0. The first-order valence-electron chi connectivity index (χ1n) is 7.96. The molecule has 0 spiro atoms. The van der Waals surface area contributed by atoms with Crippen LogP contribution >= 0.6 is 11.8 Å². The Morgan fingerprint density at radius 1 is 1.04 bits per heavy atom. The molecule has 1 aromatic heterocycles. The number of hydrogen-bond donors (Lipinski definition) is 0. The highest BCUT2D eigenvalue weighted by molar-refractivity contribution is 7.99. The van der Waals surface area contributed by atoms with Crippen LogP contribution in [0.3, 0.4) is 0 Å². The molecule has 0 saturated heterocycles. The van der Waals surface area contributed by atoms with E-state index in [0.29, 0.717) is 16.9 Å². The van der Waals surface area contributed by atoms with Gasteiger partial charge >= 0.3 is 0 Å². The van der Waals surface area contributed by atoms with Crippen molar-refractivity contribution in [2.24, 2.45) is 0 Å². The summed E-state index contributed by atoms with van der Waals surface area (Å²) in [6.45, 7) is 3.91. The minimum atomic E-state index is -3.43. The van der Waals surface area contributed by atoms with Crippen LogP contribution in [0.4, 0.5) is 0 Å². The molecule has 3 rings (SSSR count). The smallest absolute Gasteiger partial charge is 0.277 e. The molecule has 0 saturated carbocycles. The molecule has 0 amide bonds. The summed E-state index contributed by atoms with van der Waals surface area (Å²) >= 11 is 1.29. The number of sulfone groups is 1. The topological polar surface area (TPSA) is 73.1 Å². The lowest BCUT2D eigenvalue weighted by molar-refractivity contribution is 0.466.